The number of nitrogens with zero attached hydrogens (tertiary/aromatic N) is 1. The maximum absolute atomic E-state index is 13.0. The molecule has 0 aliphatic rings. The van der Waals surface area contributed by atoms with Gasteiger partial charge in [-0.1, -0.05) is 101 Å². The van der Waals surface area contributed by atoms with Crippen molar-refractivity contribution < 1.29 is 18.8 Å². The van der Waals surface area contributed by atoms with E-state index in [1.807, 2.05) is 25.1 Å². The standard InChI is InChI=1S/C32H50NO3/c1-6-8-9-10-11-12-16-22-29-23-17-18-24-30(29)35-31(19-7-2)36-32(34)27(3)25-33(4,5)26-28-20-14-13-15-21-28/h13-15,17-18,20-21,23-24,27,31H,6-12,16,19,22,25-26H2,1-5H3/q+1. The fourth-order valence-corrected chi connectivity index (χ4v) is 4.82. The van der Waals surface area contributed by atoms with Crippen molar-refractivity contribution in [1.82, 2.24) is 0 Å². The molecule has 2 unspecified atom stereocenters. The second kappa shape index (κ2) is 16.4. The highest BCUT2D eigenvalue weighted by Gasteiger charge is 2.28. The summed E-state index contributed by atoms with van der Waals surface area (Å²) in [7, 11) is 4.33. The van der Waals surface area contributed by atoms with Gasteiger partial charge in [0.2, 0.25) is 6.29 Å². The van der Waals surface area contributed by atoms with Crippen LogP contribution in [0.5, 0.6) is 5.75 Å². The molecule has 0 heterocycles. The first kappa shape index (κ1) is 29.9. The Labute approximate surface area is 220 Å². The quantitative estimate of drug-likeness (QED) is 0.0909. The van der Waals surface area contributed by atoms with E-state index in [-0.39, 0.29) is 11.9 Å². The van der Waals surface area contributed by atoms with Crippen LogP contribution < -0.4 is 4.74 Å². The van der Waals surface area contributed by atoms with E-state index in [9.17, 15) is 4.79 Å². The van der Waals surface area contributed by atoms with E-state index in [1.165, 1.54) is 49.7 Å². The molecule has 2 rings (SSSR count). The van der Waals surface area contributed by atoms with Gasteiger partial charge in [-0.3, -0.25) is 4.79 Å². The van der Waals surface area contributed by atoms with Crippen molar-refractivity contribution >= 4 is 5.97 Å². The summed E-state index contributed by atoms with van der Waals surface area (Å²) < 4.78 is 12.9. The molecule has 0 saturated carbocycles. The van der Waals surface area contributed by atoms with Crippen LogP contribution in [0.3, 0.4) is 0 Å². The first-order valence-corrected chi connectivity index (χ1v) is 14.2. The Morgan fingerprint density at radius 2 is 1.47 bits per heavy atom. The highest BCUT2D eigenvalue weighted by atomic mass is 16.7. The molecule has 36 heavy (non-hydrogen) atoms. The molecular formula is C32H50NO3+. The minimum Gasteiger partial charge on any atom is -0.455 e. The summed E-state index contributed by atoms with van der Waals surface area (Å²) in [6.07, 6.45) is 11.1. The monoisotopic (exact) mass is 496 g/mol. The number of ether oxygens (including phenoxy) is 2. The van der Waals surface area contributed by atoms with Crippen LogP contribution in [0.4, 0.5) is 0 Å². The summed E-state index contributed by atoms with van der Waals surface area (Å²) in [4.78, 5) is 13.0. The Balaban J connectivity index is 1.89. The normalized spacial score (nSPS) is 13.2. The SMILES string of the molecule is CCCCCCCCCc1ccccc1OC(CCC)OC(=O)C(C)C[N+](C)(C)Cc1ccccc1. The number of aryl methyl sites for hydroxylation is 1. The second-order valence-corrected chi connectivity index (χ2v) is 10.9. The Bertz CT molecular complexity index is 865. The molecule has 2 aromatic carbocycles. The molecule has 2 aromatic rings. The lowest BCUT2D eigenvalue weighted by molar-refractivity contribution is -0.905. The molecule has 4 nitrogen and oxygen atoms in total. The van der Waals surface area contributed by atoms with E-state index >= 15 is 0 Å². The average Bonchev–Trinajstić information content (AvgIpc) is 2.84. The van der Waals surface area contributed by atoms with Crippen LogP contribution in [-0.4, -0.2) is 37.4 Å². The number of esters is 1. The summed E-state index contributed by atoms with van der Waals surface area (Å²) >= 11 is 0. The summed E-state index contributed by atoms with van der Waals surface area (Å²) in [6.45, 7) is 7.90. The van der Waals surface area contributed by atoms with E-state index < -0.39 is 6.29 Å². The van der Waals surface area contributed by atoms with Gasteiger partial charge in [-0.25, -0.2) is 0 Å². The van der Waals surface area contributed by atoms with Gasteiger partial charge in [0.25, 0.3) is 0 Å². The van der Waals surface area contributed by atoms with Crippen LogP contribution in [0, 0.1) is 5.92 Å². The van der Waals surface area contributed by atoms with Gasteiger partial charge in [-0.05, 0) is 37.8 Å². The highest BCUT2D eigenvalue weighted by Crippen LogP contribution is 2.24. The van der Waals surface area contributed by atoms with Gasteiger partial charge in [-0.15, -0.1) is 0 Å². The van der Waals surface area contributed by atoms with Gasteiger partial charge in [-0.2, -0.15) is 0 Å². The molecule has 0 bridgehead atoms. The number of benzene rings is 2. The molecule has 0 saturated heterocycles. The largest absolute Gasteiger partial charge is 0.455 e. The van der Waals surface area contributed by atoms with Gasteiger partial charge in [0.15, 0.2) is 0 Å². The third-order valence-electron chi connectivity index (χ3n) is 6.68. The summed E-state index contributed by atoms with van der Waals surface area (Å²) in [5, 5.41) is 0. The number of quaternary nitrogens is 1. The Morgan fingerprint density at radius 3 is 2.17 bits per heavy atom. The fraction of sp³-hybridized carbons (Fsp3) is 0.594. The van der Waals surface area contributed by atoms with E-state index in [0.29, 0.717) is 13.0 Å². The summed E-state index contributed by atoms with van der Waals surface area (Å²) in [5.74, 6) is 0.453. The number of carbonyl (C=O) groups excluding carboxylic acids is 1. The molecule has 0 aliphatic heterocycles. The highest BCUT2D eigenvalue weighted by molar-refractivity contribution is 5.72. The van der Waals surface area contributed by atoms with Crippen molar-refractivity contribution in [3.63, 3.8) is 0 Å². The van der Waals surface area contributed by atoms with Gasteiger partial charge in [0.05, 0.1) is 20.6 Å². The number of para-hydroxylation sites is 1. The van der Waals surface area contributed by atoms with Crippen LogP contribution >= 0.6 is 0 Å². The smallest absolute Gasteiger partial charge is 0.317 e. The number of carbonyl (C=O) groups is 1. The minimum absolute atomic E-state index is 0.183. The second-order valence-electron chi connectivity index (χ2n) is 10.9. The molecule has 4 heteroatoms. The number of hydrogen-bond acceptors (Lipinski definition) is 3. The van der Waals surface area contributed by atoms with Crippen molar-refractivity contribution in [2.24, 2.45) is 5.92 Å². The minimum atomic E-state index is -0.551. The molecule has 0 amide bonds. The first-order valence-electron chi connectivity index (χ1n) is 14.2. The van der Waals surface area contributed by atoms with Crippen molar-refractivity contribution in [3.8, 4) is 5.75 Å². The summed E-state index contributed by atoms with van der Waals surface area (Å²) in [6, 6.07) is 18.6. The van der Waals surface area contributed by atoms with Crippen LogP contribution in [0.15, 0.2) is 54.6 Å². The maximum atomic E-state index is 13.0. The van der Waals surface area contributed by atoms with Gasteiger partial charge in [0, 0.05) is 12.0 Å². The lowest BCUT2D eigenvalue weighted by atomic mass is 10.0. The molecule has 0 aromatic heterocycles. The molecule has 0 spiro atoms. The fourth-order valence-electron chi connectivity index (χ4n) is 4.82. The van der Waals surface area contributed by atoms with Crippen LogP contribution in [0.25, 0.3) is 0 Å². The average molecular weight is 497 g/mol. The van der Waals surface area contributed by atoms with Crippen molar-refractivity contribution in [1.29, 1.82) is 0 Å². The summed E-state index contributed by atoms with van der Waals surface area (Å²) in [5.41, 5.74) is 2.48. The van der Waals surface area contributed by atoms with Crippen LogP contribution in [0.2, 0.25) is 0 Å². The topological polar surface area (TPSA) is 35.5 Å². The van der Waals surface area contributed by atoms with E-state index in [4.69, 9.17) is 9.47 Å². The zero-order chi connectivity index (χ0) is 26.2. The zero-order valence-corrected chi connectivity index (χ0v) is 23.5. The number of unbranched alkanes of at least 4 members (excludes halogenated alkanes) is 6. The molecule has 0 fully saturated rings. The first-order chi connectivity index (χ1) is 17.3. The number of hydrogen-bond donors (Lipinski definition) is 0. The zero-order valence-electron chi connectivity index (χ0n) is 23.5. The Morgan fingerprint density at radius 1 is 0.833 bits per heavy atom. The van der Waals surface area contributed by atoms with Crippen LogP contribution in [-0.2, 0) is 22.5 Å². The molecule has 0 N–H and O–H groups in total. The third-order valence-corrected chi connectivity index (χ3v) is 6.68. The molecule has 2 atom stereocenters. The van der Waals surface area contributed by atoms with Gasteiger partial charge >= 0.3 is 5.97 Å². The van der Waals surface area contributed by atoms with E-state index in [1.54, 1.807) is 0 Å². The van der Waals surface area contributed by atoms with Crippen molar-refractivity contribution in [2.45, 2.75) is 97.8 Å². The Hall–Kier alpha value is -2.33. The van der Waals surface area contributed by atoms with E-state index in [2.05, 4.69) is 64.3 Å². The molecular weight excluding hydrogens is 446 g/mol. The van der Waals surface area contributed by atoms with Crippen molar-refractivity contribution in [2.75, 3.05) is 20.6 Å². The van der Waals surface area contributed by atoms with Gasteiger partial charge < -0.3 is 14.0 Å². The lowest BCUT2D eigenvalue weighted by Gasteiger charge is -2.32. The molecule has 200 valence electrons. The predicted octanol–water partition coefficient (Wildman–Crippen LogP) is 7.94. The number of rotatable bonds is 18. The Kier molecular flexibility index (Phi) is 13.6. The molecule has 0 aliphatic carbocycles. The predicted molar refractivity (Wildman–Crippen MR) is 150 cm³/mol. The van der Waals surface area contributed by atoms with Gasteiger partial charge in [0.1, 0.15) is 18.2 Å². The van der Waals surface area contributed by atoms with Crippen molar-refractivity contribution in [3.05, 3.63) is 65.7 Å². The van der Waals surface area contributed by atoms with Crippen LogP contribution in [0.1, 0.15) is 89.7 Å². The molecule has 0 radical (unpaired) electrons. The third kappa shape index (κ3) is 11.6. The maximum Gasteiger partial charge on any atom is 0.317 e. The van der Waals surface area contributed by atoms with E-state index in [0.717, 1.165) is 36.0 Å². The lowest BCUT2D eigenvalue weighted by Crippen LogP contribution is -2.44.